The quantitative estimate of drug-likeness (QED) is 0.628. The number of anilines is 1. The SMILES string of the molecule is N#Cc1cc(F)c(N[C@@H]2CCCC[C@@H]2N2C(=O)c3ccccc3C2=O)nc1Cl. The summed E-state index contributed by atoms with van der Waals surface area (Å²) >= 11 is 5.93. The predicted octanol–water partition coefficient (Wildman–Crippen LogP) is 3.77. The number of rotatable bonds is 3. The molecular formula is C20H16ClFN4O2. The summed E-state index contributed by atoms with van der Waals surface area (Å²) < 4.78 is 14.4. The third-order valence-corrected chi connectivity index (χ3v) is 5.55. The monoisotopic (exact) mass is 398 g/mol. The van der Waals surface area contributed by atoms with Crippen molar-refractivity contribution in [1.29, 1.82) is 5.26 Å². The summed E-state index contributed by atoms with van der Waals surface area (Å²) in [5, 5.41) is 11.9. The largest absolute Gasteiger partial charge is 0.363 e. The summed E-state index contributed by atoms with van der Waals surface area (Å²) in [6.07, 6.45) is 3.01. The van der Waals surface area contributed by atoms with Crippen LogP contribution in [0.5, 0.6) is 0 Å². The van der Waals surface area contributed by atoms with Gasteiger partial charge in [0.15, 0.2) is 11.6 Å². The van der Waals surface area contributed by atoms with Crippen LogP contribution in [0.1, 0.15) is 52.0 Å². The van der Waals surface area contributed by atoms with Gasteiger partial charge in [-0.1, -0.05) is 36.6 Å². The van der Waals surface area contributed by atoms with Crippen LogP contribution in [-0.4, -0.2) is 33.8 Å². The Morgan fingerprint density at radius 3 is 2.46 bits per heavy atom. The van der Waals surface area contributed by atoms with Crippen molar-refractivity contribution in [3.05, 3.63) is 58.0 Å². The standard InChI is InChI=1S/C20H16ClFN4O2/c21-17-11(10-23)9-14(22)18(25-17)24-15-7-3-4-8-16(15)26-19(27)12-5-1-2-6-13(12)20(26)28/h1-2,5-6,9,15-16H,3-4,7-8H2,(H,24,25)/t15-,16+/m1/s1. The molecule has 1 aromatic carbocycles. The number of carbonyl (C=O) groups is 2. The van der Waals surface area contributed by atoms with Crippen LogP contribution in [0.25, 0.3) is 0 Å². The number of nitrogens with one attached hydrogen (secondary N) is 1. The molecule has 1 N–H and O–H groups in total. The van der Waals surface area contributed by atoms with Crippen LogP contribution >= 0.6 is 11.6 Å². The highest BCUT2D eigenvalue weighted by atomic mass is 35.5. The number of imide groups is 1. The van der Waals surface area contributed by atoms with Crippen LogP contribution in [0.15, 0.2) is 30.3 Å². The van der Waals surface area contributed by atoms with Gasteiger partial charge in [0.05, 0.1) is 22.7 Å². The van der Waals surface area contributed by atoms with E-state index in [-0.39, 0.29) is 34.4 Å². The normalized spacial score (nSPS) is 21.4. The van der Waals surface area contributed by atoms with Gasteiger partial charge < -0.3 is 5.32 Å². The molecule has 0 unspecified atom stereocenters. The lowest BCUT2D eigenvalue weighted by molar-refractivity contribution is 0.0534. The second kappa shape index (κ2) is 7.21. The van der Waals surface area contributed by atoms with E-state index in [1.807, 2.05) is 0 Å². The van der Waals surface area contributed by atoms with Crippen LogP contribution in [0.3, 0.4) is 0 Å². The zero-order valence-electron chi connectivity index (χ0n) is 14.8. The van der Waals surface area contributed by atoms with Gasteiger partial charge in [0.1, 0.15) is 11.2 Å². The van der Waals surface area contributed by atoms with E-state index in [4.69, 9.17) is 16.9 Å². The molecule has 0 spiro atoms. The fraction of sp³-hybridized carbons (Fsp3) is 0.300. The molecule has 8 heteroatoms. The van der Waals surface area contributed by atoms with Crippen molar-refractivity contribution < 1.29 is 14.0 Å². The molecule has 2 aromatic rings. The lowest BCUT2D eigenvalue weighted by atomic mass is 9.89. The molecule has 6 nitrogen and oxygen atoms in total. The summed E-state index contributed by atoms with van der Waals surface area (Å²) in [7, 11) is 0. The highest BCUT2D eigenvalue weighted by molar-refractivity contribution is 6.30. The molecule has 1 fully saturated rings. The first-order chi connectivity index (χ1) is 13.5. The first kappa shape index (κ1) is 18.4. The molecule has 4 rings (SSSR count). The number of halogens is 2. The molecule has 2 heterocycles. The van der Waals surface area contributed by atoms with Gasteiger partial charge in [0.2, 0.25) is 0 Å². The van der Waals surface area contributed by atoms with Gasteiger partial charge in [-0.3, -0.25) is 14.5 Å². The molecule has 0 radical (unpaired) electrons. The average Bonchev–Trinajstić information content (AvgIpc) is 2.96. The van der Waals surface area contributed by atoms with Crippen molar-refractivity contribution in [3.8, 4) is 6.07 Å². The van der Waals surface area contributed by atoms with Crippen LogP contribution in [-0.2, 0) is 0 Å². The molecule has 0 bridgehead atoms. The Morgan fingerprint density at radius 1 is 1.18 bits per heavy atom. The fourth-order valence-electron chi connectivity index (χ4n) is 3.92. The summed E-state index contributed by atoms with van der Waals surface area (Å²) in [4.78, 5) is 30.9. The number of amides is 2. The van der Waals surface area contributed by atoms with Crippen LogP contribution in [0.2, 0.25) is 5.15 Å². The highest BCUT2D eigenvalue weighted by Gasteiger charge is 2.43. The topological polar surface area (TPSA) is 86.1 Å². The second-order valence-corrected chi connectivity index (χ2v) is 7.26. The van der Waals surface area contributed by atoms with Gasteiger partial charge in [0.25, 0.3) is 11.8 Å². The maximum atomic E-state index is 14.4. The third-order valence-electron chi connectivity index (χ3n) is 5.26. The maximum Gasteiger partial charge on any atom is 0.261 e. The summed E-state index contributed by atoms with van der Waals surface area (Å²) in [6.45, 7) is 0. The first-order valence-corrected chi connectivity index (χ1v) is 9.38. The van der Waals surface area contributed by atoms with E-state index in [1.165, 1.54) is 4.90 Å². The Bertz CT molecular complexity index is 985. The zero-order valence-corrected chi connectivity index (χ0v) is 15.5. The van der Waals surface area contributed by atoms with E-state index in [1.54, 1.807) is 30.3 Å². The molecule has 2 aliphatic rings. The van der Waals surface area contributed by atoms with Crippen LogP contribution in [0, 0.1) is 17.1 Å². The van der Waals surface area contributed by atoms with E-state index >= 15 is 0 Å². The van der Waals surface area contributed by atoms with E-state index < -0.39 is 11.9 Å². The molecule has 1 aliphatic carbocycles. The summed E-state index contributed by atoms with van der Waals surface area (Å²) in [5.74, 6) is -1.44. The van der Waals surface area contributed by atoms with Gasteiger partial charge in [-0.05, 0) is 31.0 Å². The molecule has 1 aliphatic heterocycles. The summed E-state index contributed by atoms with van der Waals surface area (Å²) in [6, 6.07) is 8.76. The van der Waals surface area contributed by atoms with Crippen LogP contribution in [0.4, 0.5) is 10.2 Å². The number of hydrogen-bond donors (Lipinski definition) is 1. The van der Waals surface area contributed by atoms with Crippen molar-refractivity contribution >= 4 is 29.2 Å². The number of pyridine rings is 1. The zero-order chi connectivity index (χ0) is 19.8. The third kappa shape index (κ3) is 3.00. The van der Waals surface area contributed by atoms with Gasteiger partial charge in [-0.25, -0.2) is 9.37 Å². The molecule has 1 aromatic heterocycles. The van der Waals surface area contributed by atoms with Gasteiger partial charge in [-0.2, -0.15) is 5.26 Å². The fourth-order valence-corrected chi connectivity index (χ4v) is 4.10. The molecule has 2 atom stereocenters. The number of carbonyl (C=O) groups excluding carboxylic acids is 2. The molecule has 1 saturated carbocycles. The smallest absolute Gasteiger partial charge is 0.261 e. The van der Waals surface area contributed by atoms with E-state index in [0.29, 0.717) is 24.0 Å². The predicted molar refractivity (Wildman–Crippen MR) is 101 cm³/mol. The Morgan fingerprint density at radius 2 is 1.82 bits per heavy atom. The number of fused-ring (bicyclic) bond motifs is 1. The Kier molecular flexibility index (Phi) is 4.73. The number of nitriles is 1. The Labute approximate surface area is 165 Å². The molecular weight excluding hydrogens is 383 g/mol. The lowest BCUT2D eigenvalue weighted by Gasteiger charge is -2.37. The minimum atomic E-state index is -0.701. The first-order valence-electron chi connectivity index (χ1n) is 9.01. The second-order valence-electron chi connectivity index (χ2n) is 6.90. The lowest BCUT2D eigenvalue weighted by Crippen LogP contribution is -2.51. The minimum Gasteiger partial charge on any atom is -0.363 e. The van der Waals surface area contributed by atoms with E-state index in [9.17, 15) is 14.0 Å². The Balaban J connectivity index is 1.64. The van der Waals surface area contributed by atoms with Crippen molar-refractivity contribution in [2.24, 2.45) is 0 Å². The summed E-state index contributed by atoms with van der Waals surface area (Å²) in [5.41, 5.74) is 0.732. The molecule has 28 heavy (non-hydrogen) atoms. The van der Waals surface area contributed by atoms with Gasteiger partial charge in [-0.15, -0.1) is 0 Å². The van der Waals surface area contributed by atoms with Crippen molar-refractivity contribution in [3.63, 3.8) is 0 Å². The van der Waals surface area contributed by atoms with Crippen LogP contribution < -0.4 is 5.32 Å². The highest BCUT2D eigenvalue weighted by Crippen LogP contribution is 2.33. The molecule has 142 valence electrons. The van der Waals surface area contributed by atoms with E-state index in [2.05, 4.69) is 10.3 Å². The average molecular weight is 399 g/mol. The van der Waals surface area contributed by atoms with Gasteiger partial charge in [0, 0.05) is 6.04 Å². The van der Waals surface area contributed by atoms with Crippen molar-refractivity contribution in [2.75, 3.05) is 5.32 Å². The number of nitrogens with zero attached hydrogens (tertiary/aromatic N) is 3. The Hall–Kier alpha value is -2.98. The number of benzene rings is 1. The van der Waals surface area contributed by atoms with Gasteiger partial charge >= 0.3 is 0 Å². The number of hydrogen-bond acceptors (Lipinski definition) is 5. The van der Waals surface area contributed by atoms with Crippen molar-refractivity contribution in [2.45, 2.75) is 37.8 Å². The van der Waals surface area contributed by atoms with Crippen molar-refractivity contribution in [1.82, 2.24) is 9.88 Å². The molecule has 0 saturated heterocycles. The van der Waals surface area contributed by atoms with E-state index in [0.717, 1.165) is 18.9 Å². The maximum absolute atomic E-state index is 14.4. The molecule has 2 amide bonds. The minimum absolute atomic E-state index is 0.0507. The number of aromatic nitrogens is 1.